The van der Waals surface area contributed by atoms with Crippen molar-refractivity contribution in [2.75, 3.05) is 6.54 Å². The van der Waals surface area contributed by atoms with Crippen molar-refractivity contribution in [2.45, 2.75) is 32.8 Å². The summed E-state index contributed by atoms with van der Waals surface area (Å²) in [4.78, 5) is 11.8. The lowest BCUT2D eigenvalue weighted by atomic mass is 10.2. The highest BCUT2D eigenvalue weighted by molar-refractivity contribution is 6.31. The molecule has 0 aromatic heterocycles. The number of carbonyl (C=O) groups is 1. The number of rotatable bonds is 6. The smallest absolute Gasteiger partial charge is 0.261 e. The van der Waals surface area contributed by atoms with Crippen LogP contribution in [0.3, 0.4) is 0 Å². The highest BCUT2D eigenvalue weighted by atomic mass is 35.5. The molecule has 1 N–H and O–H groups in total. The van der Waals surface area contributed by atoms with Crippen LogP contribution in [0.4, 0.5) is 0 Å². The summed E-state index contributed by atoms with van der Waals surface area (Å²) in [7, 11) is 0. The van der Waals surface area contributed by atoms with Gasteiger partial charge in [-0.25, -0.2) is 0 Å². The largest absolute Gasteiger partial charge is 0.481 e. The van der Waals surface area contributed by atoms with Gasteiger partial charge < -0.3 is 10.1 Å². The van der Waals surface area contributed by atoms with Crippen molar-refractivity contribution in [1.82, 2.24) is 5.32 Å². The van der Waals surface area contributed by atoms with E-state index in [9.17, 15) is 4.79 Å². The van der Waals surface area contributed by atoms with Crippen molar-refractivity contribution >= 4 is 17.5 Å². The van der Waals surface area contributed by atoms with E-state index in [2.05, 4.69) is 5.32 Å². The molecule has 19 heavy (non-hydrogen) atoms. The number of nitrogens with one attached hydrogen (secondary N) is 1. The molecule has 1 rings (SSSR count). The second-order valence-electron chi connectivity index (χ2n) is 4.04. The molecule has 0 heterocycles. The van der Waals surface area contributed by atoms with E-state index in [-0.39, 0.29) is 5.91 Å². The molecule has 102 valence electrons. The summed E-state index contributed by atoms with van der Waals surface area (Å²) in [5, 5.41) is 11.9. The van der Waals surface area contributed by atoms with Crippen molar-refractivity contribution in [3.8, 4) is 11.8 Å². The molecule has 0 aliphatic carbocycles. The van der Waals surface area contributed by atoms with Crippen LogP contribution in [0.25, 0.3) is 0 Å². The van der Waals surface area contributed by atoms with Crippen LogP contribution in [-0.4, -0.2) is 18.6 Å². The van der Waals surface area contributed by atoms with Crippen LogP contribution in [0.15, 0.2) is 18.2 Å². The zero-order valence-corrected chi connectivity index (χ0v) is 11.8. The van der Waals surface area contributed by atoms with E-state index in [0.717, 1.165) is 6.42 Å². The highest BCUT2D eigenvalue weighted by Crippen LogP contribution is 2.23. The molecule has 0 aliphatic heterocycles. The van der Waals surface area contributed by atoms with Gasteiger partial charge in [0.2, 0.25) is 0 Å². The first-order valence-corrected chi connectivity index (χ1v) is 6.64. The molecule has 1 unspecified atom stereocenters. The Kier molecular flexibility index (Phi) is 6.17. The zero-order valence-electron chi connectivity index (χ0n) is 11.1. The summed E-state index contributed by atoms with van der Waals surface area (Å²) >= 11 is 5.93. The Morgan fingerprint density at radius 3 is 2.79 bits per heavy atom. The van der Waals surface area contributed by atoms with Gasteiger partial charge in [0.1, 0.15) is 11.8 Å². The third kappa shape index (κ3) is 4.46. The van der Waals surface area contributed by atoms with Crippen LogP contribution in [0.5, 0.6) is 5.75 Å². The summed E-state index contributed by atoms with van der Waals surface area (Å²) in [5.41, 5.74) is 0.388. The van der Waals surface area contributed by atoms with Gasteiger partial charge in [0.05, 0.1) is 10.6 Å². The van der Waals surface area contributed by atoms with Crippen molar-refractivity contribution in [3.05, 3.63) is 28.8 Å². The van der Waals surface area contributed by atoms with Crippen LogP contribution in [0.1, 0.15) is 32.3 Å². The van der Waals surface area contributed by atoms with E-state index >= 15 is 0 Å². The van der Waals surface area contributed by atoms with Gasteiger partial charge in [-0.15, -0.1) is 0 Å². The van der Waals surface area contributed by atoms with Gasteiger partial charge in [-0.3, -0.25) is 4.79 Å². The van der Waals surface area contributed by atoms with E-state index in [1.807, 2.05) is 19.9 Å². The van der Waals surface area contributed by atoms with Gasteiger partial charge >= 0.3 is 0 Å². The normalized spacial score (nSPS) is 11.5. The summed E-state index contributed by atoms with van der Waals surface area (Å²) < 4.78 is 5.64. The van der Waals surface area contributed by atoms with Crippen molar-refractivity contribution in [1.29, 1.82) is 5.26 Å². The number of nitriles is 1. The molecule has 0 aliphatic rings. The number of carbonyl (C=O) groups excluding carboxylic acids is 1. The van der Waals surface area contributed by atoms with Crippen molar-refractivity contribution < 1.29 is 9.53 Å². The average molecular weight is 281 g/mol. The van der Waals surface area contributed by atoms with Crippen molar-refractivity contribution in [2.24, 2.45) is 0 Å². The van der Waals surface area contributed by atoms with Gasteiger partial charge in [-0.05, 0) is 25.5 Å². The first-order chi connectivity index (χ1) is 9.12. The first kappa shape index (κ1) is 15.3. The fourth-order valence-corrected chi connectivity index (χ4v) is 1.83. The van der Waals surface area contributed by atoms with Crippen LogP contribution in [0, 0.1) is 11.3 Å². The molecule has 1 atom stereocenters. The number of hydrogen-bond donors (Lipinski definition) is 1. The topological polar surface area (TPSA) is 62.1 Å². The molecule has 0 spiro atoms. The molecule has 4 nitrogen and oxygen atoms in total. The Morgan fingerprint density at radius 1 is 1.53 bits per heavy atom. The van der Waals surface area contributed by atoms with Crippen LogP contribution in [-0.2, 0) is 4.79 Å². The minimum Gasteiger partial charge on any atom is -0.481 e. The zero-order chi connectivity index (χ0) is 14.3. The van der Waals surface area contributed by atoms with E-state index in [1.54, 1.807) is 18.2 Å². The fraction of sp³-hybridized carbons (Fsp3) is 0.429. The summed E-state index contributed by atoms with van der Waals surface area (Å²) in [6.45, 7) is 4.41. The minimum absolute atomic E-state index is 0.134. The minimum atomic E-state index is -0.533. The molecule has 0 radical (unpaired) electrons. The number of benzene rings is 1. The standard InChI is InChI=1S/C14H17ClN2O2/c1-3-5-13(14(18)17-4-2)19-11-7-6-10(9-16)12(15)8-11/h6-8,13H,3-5H2,1-2H3,(H,17,18). The molecule has 5 heteroatoms. The predicted octanol–water partition coefficient (Wildman–Crippen LogP) is 2.90. The number of halogens is 1. The summed E-state index contributed by atoms with van der Waals surface area (Å²) in [6.07, 6.45) is 0.934. The molecular weight excluding hydrogens is 264 g/mol. The Bertz CT molecular complexity index is 483. The van der Waals surface area contributed by atoms with Crippen LogP contribution in [0.2, 0.25) is 5.02 Å². The van der Waals surface area contributed by atoms with Crippen molar-refractivity contribution in [3.63, 3.8) is 0 Å². The molecule has 0 saturated carbocycles. The maximum absolute atomic E-state index is 11.8. The monoisotopic (exact) mass is 280 g/mol. The molecule has 0 saturated heterocycles. The molecule has 1 aromatic rings. The lowest BCUT2D eigenvalue weighted by molar-refractivity contribution is -0.128. The Balaban J connectivity index is 2.82. The Labute approximate surface area is 118 Å². The van der Waals surface area contributed by atoms with Gasteiger partial charge in [0.15, 0.2) is 6.10 Å². The van der Waals surface area contributed by atoms with E-state index in [1.165, 1.54) is 0 Å². The molecule has 0 bridgehead atoms. The summed E-state index contributed by atoms with van der Waals surface area (Å²) in [5.74, 6) is 0.360. The number of likely N-dealkylation sites (N-methyl/N-ethyl adjacent to an activating group) is 1. The SMILES string of the molecule is CCCC(Oc1ccc(C#N)c(Cl)c1)C(=O)NCC. The maximum atomic E-state index is 11.8. The van der Waals surface area contributed by atoms with Gasteiger partial charge in [-0.2, -0.15) is 5.26 Å². The maximum Gasteiger partial charge on any atom is 0.261 e. The predicted molar refractivity (Wildman–Crippen MR) is 74.2 cm³/mol. The van der Waals surface area contributed by atoms with Gasteiger partial charge in [0.25, 0.3) is 5.91 Å². The van der Waals surface area contributed by atoms with Crippen LogP contribution < -0.4 is 10.1 Å². The third-order valence-corrected chi connectivity index (χ3v) is 2.85. The van der Waals surface area contributed by atoms with Gasteiger partial charge in [-0.1, -0.05) is 24.9 Å². The second-order valence-corrected chi connectivity index (χ2v) is 4.45. The molecule has 1 aromatic carbocycles. The fourth-order valence-electron chi connectivity index (χ4n) is 1.62. The van der Waals surface area contributed by atoms with Gasteiger partial charge in [0, 0.05) is 12.6 Å². The average Bonchev–Trinajstić information content (AvgIpc) is 2.39. The second kappa shape index (κ2) is 7.65. The molecule has 1 amide bonds. The number of hydrogen-bond acceptors (Lipinski definition) is 3. The Hall–Kier alpha value is -1.73. The van der Waals surface area contributed by atoms with Crippen LogP contribution >= 0.6 is 11.6 Å². The van der Waals surface area contributed by atoms with E-state index in [4.69, 9.17) is 21.6 Å². The van der Waals surface area contributed by atoms with E-state index < -0.39 is 6.10 Å². The van der Waals surface area contributed by atoms with E-state index in [0.29, 0.717) is 29.3 Å². The quantitative estimate of drug-likeness (QED) is 0.871. The third-order valence-electron chi connectivity index (χ3n) is 2.53. The molecular formula is C14H17ClN2O2. The number of amides is 1. The highest BCUT2D eigenvalue weighted by Gasteiger charge is 2.19. The lowest BCUT2D eigenvalue weighted by Gasteiger charge is -2.18. The number of nitrogens with zero attached hydrogens (tertiary/aromatic N) is 1. The Morgan fingerprint density at radius 2 is 2.26 bits per heavy atom. The number of ether oxygens (including phenoxy) is 1. The lowest BCUT2D eigenvalue weighted by Crippen LogP contribution is -2.38. The first-order valence-electron chi connectivity index (χ1n) is 6.26. The molecule has 0 fully saturated rings. The summed E-state index contributed by atoms with van der Waals surface area (Å²) in [6, 6.07) is 6.76.